The van der Waals surface area contributed by atoms with Crippen LogP contribution in [0.5, 0.6) is 5.75 Å². The number of anilines is 1. The van der Waals surface area contributed by atoms with E-state index in [1.807, 2.05) is 19.1 Å². The third-order valence-electron chi connectivity index (χ3n) is 8.51. The predicted molar refractivity (Wildman–Crippen MR) is 171 cm³/mol. The van der Waals surface area contributed by atoms with Crippen molar-refractivity contribution in [2.45, 2.75) is 65.0 Å². The fraction of sp³-hybridized carbons (Fsp3) is 0.353. The molecule has 238 valence electrons. The average Bonchev–Trinajstić information content (AvgIpc) is 3.70. The van der Waals surface area contributed by atoms with Gasteiger partial charge in [-0.1, -0.05) is 38.3 Å². The highest BCUT2D eigenvalue weighted by Gasteiger charge is 2.29. The van der Waals surface area contributed by atoms with E-state index < -0.39 is 5.91 Å². The van der Waals surface area contributed by atoms with Crippen molar-refractivity contribution >= 4 is 35.0 Å². The van der Waals surface area contributed by atoms with Gasteiger partial charge < -0.3 is 26.0 Å². The van der Waals surface area contributed by atoms with Crippen molar-refractivity contribution in [3.8, 4) is 5.75 Å². The van der Waals surface area contributed by atoms with Gasteiger partial charge in [-0.15, -0.1) is 0 Å². The monoisotopic (exact) mass is 623 g/mol. The van der Waals surface area contributed by atoms with Crippen molar-refractivity contribution in [1.82, 2.24) is 30.5 Å². The fourth-order valence-corrected chi connectivity index (χ4v) is 6.06. The molecule has 0 radical (unpaired) electrons. The summed E-state index contributed by atoms with van der Waals surface area (Å²) in [6, 6.07) is 11.9. The van der Waals surface area contributed by atoms with E-state index in [1.54, 1.807) is 24.3 Å². The standard InChI is InChI=1S/C34H37N7O5/c1-3-4-5-6-14-35-32(43)23-8-9-24-22(20(23)2)10-11-25(24)40-34(45)28-17-27(38-30-13-15-37-41(28)30)33(44)36-18-21-7-12-29-26(16-21)39-31(42)19-46-29/h7-9,12-13,15-17,25H,3-6,10-11,14,18-19H2,1-2H3,(H,35,43)(H,36,44)(H,39,42)(H,40,45)/t25-/m0/s1. The highest BCUT2D eigenvalue weighted by atomic mass is 16.5. The second kappa shape index (κ2) is 13.4. The minimum absolute atomic E-state index is 0.0341. The van der Waals surface area contributed by atoms with Crippen molar-refractivity contribution in [2.24, 2.45) is 0 Å². The molecule has 1 aliphatic carbocycles. The van der Waals surface area contributed by atoms with E-state index in [0.29, 0.717) is 35.6 Å². The fourth-order valence-electron chi connectivity index (χ4n) is 6.06. The Morgan fingerprint density at radius 1 is 1.02 bits per heavy atom. The SMILES string of the molecule is CCCCCCNC(=O)c1ccc2c(c1C)CC[C@@H]2NC(=O)c1cc(C(=O)NCc2ccc3c(c2)NC(=O)CO3)nc2ccnn12. The lowest BCUT2D eigenvalue weighted by atomic mass is 9.97. The lowest BCUT2D eigenvalue weighted by Crippen LogP contribution is -2.31. The Balaban J connectivity index is 1.14. The summed E-state index contributed by atoms with van der Waals surface area (Å²) >= 11 is 0. The van der Waals surface area contributed by atoms with Crippen LogP contribution in [0.3, 0.4) is 0 Å². The number of nitrogens with one attached hydrogen (secondary N) is 4. The zero-order valence-corrected chi connectivity index (χ0v) is 25.9. The molecule has 12 heteroatoms. The molecule has 2 aliphatic rings. The minimum atomic E-state index is -0.464. The molecule has 46 heavy (non-hydrogen) atoms. The number of fused-ring (bicyclic) bond motifs is 3. The molecule has 0 bridgehead atoms. The van der Waals surface area contributed by atoms with E-state index in [4.69, 9.17) is 4.74 Å². The summed E-state index contributed by atoms with van der Waals surface area (Å²) in [4.78, 5) is 55.8. The van der Waals surface area contributed by atoms with Crippen LogP contribution in [-0.4, -0.2) is 51.4 Å². The van der Waals surface area contributed by atoms with Crippen LogP contribution in [0.4, 0.5) is 5.69 Å². The predicted octanol–water partition coefficient (Wildman–Crippen LogP) is 4.03. The van der Waals surface area contributed by atoms with Crippen LogP contribution in [0.25, 0.3) is 5.65 Å². The van der Waals surface area contributed by atoms with E-state index in [0.717, 1.165) is 54.4 Å². The number of unbranched alkanes of at least 4 members (excludes halogenated alkanes) is 3. The van der Waals surface area contributed by atoms with Crippen LogP contribution in [-0.2, 0) is 17.8 Å². The number of amides is 4. The van der Waals surface area contributed by atoms with Gasteiger partial charge in [0.1, 0.15) is 17.1 Å². The van der Waals surface area contributed by atoms with Crippen molar-refractivity contribution < 1.29 is 23.9 Å². The molecule has 2 aromatic heterocycles. The van der Waals surface area contributed by atoms with Crippen LogP contribution in [0, 0.1) is 6.92 Å². The second-order valence-corrected chi connectivity index (χ2v) is 11.7. The first-order chi connectivity index (χ1) is 22.3. The van der Waals surface area contributed by atoms with Crippen molar-refractivity contribution in [3.63, 3.8) is 0 Å². The molecule has 4 aromatic rings. The number of benzene rings is 2. The molecule has 0 fully saturated rings. The topological polar surface area (TPSA) is 156 Å². The summed E-state index contributed by atoms with van der Waals surface area (Å²) in [5, 5.41) is 16.0. The summed E-state index contributed by atoms with van der Waals surface area (Å²) in [5.74, 6) is -0.596. The van der Waals surface area contributed by atoms with Gasteiger partial charge in [-0.05, 0) is 66.6 Å². The Morgan fingerprint density at radius 3 is 2.74 bits per heavy atom. The van der Waals surface area contributed by atoms with Gasteiger partial charge in [-0.3, -0.25) is 19.2 Å². The number of hydrogen-bond acceptors (Lipinski definition) is 7. The third-order valence-corrected chi connectivity index (χ3v) is 8.51. The molecule has 0 unspecified atom stereocenters. The largest absolute Gasteiger partial charge is 0.482 e. The third kappa shape index (κ3) is 6.42. The molecule has 3 heterocycles. The maximum Gasteiger partial charge on any atom is 0.270 e. The number of ether oxygens (including phenoxy) is 1. The Bertz CT molecular complexity index is 1830. The Kier molecular flexibility index (Phi) is 8.95. The lowest BCUT2D eigenvalue weighted by molar-refractivity contribution is -0.118. The van der Waals surface area contributed by atoms with Crippen molar-refractivity contribution in [1.29, 1.82) is 0 Å². The average molecular weight is 624 g/mol. The van der Waals surface area contributed by atoms with Gasteiger partial charge in [0.05, 0.1) is 17.9 Å². The van der Waals surface area contributed by atoms with E-state index in [-0.39, 0.29) is 48.3 Å². The number of aromatic nitrogens is 3. The summed E-state index contributed by atoms with van der Waals surface area (Å²) in [6.07, 6.45) is 7.33. The van der Waals surface area contributed by atoms with Gasteiger partial charge in [-0.25, -0.2) is 9.50 Å². The van der Waals surface area contributed by atoms with E-state index in [1.165, 1.54) is 16.8 Å². The number of nitrogens with zero attached hydrogens (tertiary/aromatic N) is 3. The number of carbonyl (C=O) groups excluding carboxylic acids is 4. The molecule has 4 amide bonds. The van der Waals surface area contributed by atoms with Crippen LogP contribution >= 0.6 is 0 Å². The molecule has 12 nitrogen and oxygen atoms in total. The van der Waals surface area contributed by atoms with Crippen LogP contribution in [0.2, 0.25) is 0 Å². The van der Waals surface area contributed by atoms with Crippen LogP contribution in [0.15, 0.2) is 48.7 Å². The van der Waals surface area contributed by atoms with Gasteiger partial charge in [0, 0.05) is 30.8 Å². The molecule has 6 rings (SSSR count). The van der Waals surface area contributed by atoms with E-state index in [2.05, 4.69) is 38.3 Å². The minimum Gasteiger partial charge on any atom is -0.482 e. The van der Waals surface area contributed by atoms with E-state index >= 15 is 0 Å². The molecule has 0 spiro atoms. The first-order valence-corrected chi connectivity index (χ1v) is 15.7. The summed E-state index contributed by atoms with van der Waals surface area (Å²) in [7, 11) is 0. The molecule has 1 aliphatic heterocycles. The van der Waals surface area contributed by atoms with Gasteiger partial charge in [-0.2, -0.15) is 5.10 Å². The van der Waals surface area contributed by atoms with Crippen LogP contribution < -0.4 is 26.0 Å². The Hall–Kier alpha value is -5.26. The second-order valence-electron chi connectivity index (χ2n) is 11.7. The highest BCUT2D eigenvalue weighted by molar-refractivity contribution is 5.99. The number of hydrogen-bond donors (Lipinski definition) is 4. The normalized spacial score (nSPS) is 15.0. The molecule has 4 N–H and O–H groups in total. The Labute approximate surface area is 266 Å². The first kappa shape index (κ1) is 30.8. The number of rotatable bonds is 11. The highest BCUT2D eigenvalue weighted by Crippen LogP contribution is 2.35. The number of carbonyl (C=O) groups is 4. The zero-order valence-electron chi connectivity index (χ0n) is 25.9. The summed E-state index contributed by atoms with van der Waals surface area (Å²) < 4.78 is 6.80. The quantitative estimate of drug-likeness (QED) is 0.184. The molecule has 0 saturated heterocycles. The lowest BCUT2D eigenvalue weighted by Gasteiger charge is -2.18. The van der Waals surface area contributed by atoms with Gasteiger partial charge in [0.15, 0.2) is 12.3 Å². The molecular formula is C34H37N7O5. The van der Waals surface area contributed by atoms with Crippen LogP contribution in [0.1, 0.15) is 98.7 Å². The van der Waals surface area contributed by atoms with Gasteiger partial charge in [0.25, 0.3) is 23.6 Å². The maximum absolute atomic E-state index is 13.7. The van der Waals surface area contributed by atoms with E-state index in [9.17, 15) is 19.2 Å². The van der Waals surface area contributed by atoms with Crippen molar-refractivity contribution in [2.75, 3.05) is 18.5 Å². The summed E-state index contributed by atoms with van der Waals surface area (Å²) in [5.41, 5.74) is 5.57. The molecule has 1 atom stereocenters. The zero-order chi connectivity index (χ0) is 32.2. The molecule has 2 aromatic carbocycles. The maximum atomic E-state index is 13.7. The van der Waals surface area contributed by atoms with Gasteiger partial charge >= 0.3 is 0 Å². The van der Waals surface area contributed by atoms with Gasteiger partial charge in [0.2, 0.25) is 0 Å². The smallest absolute Gasteiger partial charge is 0.270 e. The molecular weight excluding hydrogens is 586 g/mol. The van der Waals surface area contributed by atoms with Crippen molar-refractivity contribution in [3.05, 3.63) is 87.9 Å². The first-order valence-electron chi connectivity index (χ1n) is 15.7. The summed E-state index contributed by atoms with van der Waals surface area (Å²) in [6.45, 7) is 4.92. The Morgan fingerprint density at radius 2 is 1.89 bits per heavy atom. The molecule has 0 saturated carbocycles.